The van der Waals surface area contributed by atoms with Gasteiger partial charge in [0, 0.05) is 62.0 Å². The van der Waals surface area contributed by atoms with E-state index in [0.29, 0.717) is 12.6 Å². The van der Waals surface area contributed by atoms with Gasteiger partial charge in [0.15, 0.2) is 0 Å². The maximum atomic E-state index is 12.3. The van der Waals surface area contributed by atoms with Crippen molar-refractivity contribution >= 4 is 0 Å². The smallest absolute Gasteiger partial charge is 0.266 e. The Balaban J connectivity index is 1.47. The molecule has 7 nitrogen and oxygen atoms in total. The second kappa shape index (κ2) is 7.84. The number of aromatic nitrogens is 5. The van der Waals surface area contributed by atoms with Crippen molar-refractivity contribution < 1.29 is 0 Å². The lowest BCUT2D eigenvalue weighted by Gasteiger charge is -2.24. The number of pyridine rings is 1. The van der Waals surface area contributed by atoms with Crippen LogP contribution in [-0.4, -0.2) is 48.6 Å². The molecule has 1 atom stereocenters. The summed E-state index contributed by atoms with van der Waals surface area (Å²) in [6.45, 7) is 2.67. The van der Waals surface area contributed by atoms with Crippen LogP contribution in [0.5, 0.6) is 0 Å². The first-order chi connectivity index (χ1) is 13.2. The summed E-state index contributed by atoms with van der Waals surface area (Å²) in [6, 6.07) is 9.61. The van der Waals surface area contributed by atoms with Crippen LogP contribution in [0, 0.1) is 0 Å². The number of hydrogen-bond donors (Lipinski definition) is 0. The van der Waals surface area contributed by atoms with E-state index in [-0.39, 0.29) is 5.56 Å². The zero-order valence-corrected chi connectivity index (χ0v) is 15.5. The molecule has 140 valence electrons. The SMILES string of the molecule is Cn1nccc1CCN1CCCC1Cn1nc(-c2cccnc2)ccc1=O. The molecular weight excluding hydrogens is 340 g/mol. The van der Waals surface area contributed by atoms with Crippen molar-refractivity contribution in [2.75, 3.05) is 13.1 Å². The minimum atomic E-state index is -0.0545. The second-order valence-electron chi connectivity index (χ2n) is 7.01. The third-order valence-corrected chi connectivity index (χ3v) is 5.28. The summed E-state index contributed by atoms with van der Waals surface area (Å²) in [5.74, 6) is 0. The molecule has 1 aliphatic rings. The van der Waals surface area contributed by atoms with Gasteiger partial charge in [0.1, 0.15) is 0 Å². The van der Waals surface area contributed by atoms with E-state index in [2.05, 4.69) is 26.1 Å². The lowest BCUT2D eigenvalue weighted by atomic mass is 10.2. The second-order valence-corrected chi connectivity index (χ2v) is 7.01. The fourth-order valence-corrected chi connectivity index (χ4v) is 3.75. The maximum absolute atomic E-state index is 12.3. The molecule has 0 saturated carbocycles. The Hall–Kier alpha value is -2.80. The molecular formula is C20H24N6O. The van der Waals surface area contributed by atoms with Crippen molar-refractivity contribution in [1.82, 2.24) is 29.4 Å². The van der Waals surface area contributed by atoms with E-state index in [4.69, 9.17) is 0 Å². The first-order valence-corrected chi connectivity index (χ1v) is 9.40. The molecule has 3 aromatic rings. The molecule has 4 rings (SSSR count). The Bertz CT molecular complexity index is 948. The molecule has 0 spiro atoms. The van der Waals surface area contributed by atoms with Crippen LogP contribution in [-0.2, 0) is 20.0 Å². The van der Waals surface area contributed by atoms with Gasteiger partial charge >= 0.3 is 0 Å². The van der Waals surface area contributed by atoms with Crippen LogP contribution in [0.1, 0.15) is 18.5 Å². The number of aryl methyl sites for hydroxylation is 1. The zero-order valence-electron chi connectivity index (χ0n) is 15.5. The van der Waals surface area contributed by atoms with Gasteiger partial charge in [-0.2, -0.15) is 10.2 Å². The average Bonchev–Trinajstić information content (AvgIpc) is 3.31. The minimum absolute atomic E-state index is 0.0545. The predicted molar refractivity (Wildman–Crippen MR) is 103 cm³/mol. The highest BCUT2D eigenvalue weighted by atomic mass is 16.1. The summed E-state index contributed by atoms with van der Waals surface area (Å²) in [7, 11) is 1.98. The Kier molecular flexibility index (Phi) is 5.11. The Morgan fingerprint density at radius 1 is 1.19 bits per heavy atom. The number of likely N-dealkylation sites (tertiary alicyclic amines) is 1. The molecule has 0 radical (unpaired) electrons. The molecule has 0 bridgehead atoms. The lowest BCUT2D eigenvalue weighted by molar-refractivity contribution is 0.226. The fraction of sp³-hybridized carbons (Fsp3) is 0.400. The van der Waals surface area contributed by atoms with Crippen molar-refractivity contribution in [3.8, 4) is 11.3 Å². The zero-order chi connectivity index (χ0) is 18.6. The summed E-state index contributed by atoms with van der Waals surface area (Å²) >= 11 is 0. The Labute approximate surface area is 158 Å². The average molecular weight is 364 g/mol. The Morgan fingerprint density at radius 3 is 2.89 bits per heavy atom. The van der Waals surface area contributed by atoms with Gasteiger partial charge < -0.3 is 0 Å². The van der Waals surface area contributed by atoms with Gasteiger partial charge in [0.05, 0.1) is 12.2 Å². The third-order valence-electron chi connectivity index (χ3n) is 5.28. The van der Waals surface area contributed by atoms with E-state index < -0.39 is 0 Å². The molecule has 4 heterocycles. The van der Waals surface area contributed by atoms with Crippen molar-refractivity contribution in [3.05, 3.63) is 65.0 Å². The number of hydrogen-bond acceptors (Lipinski definition) is 5. The molecule has 27 heavy (non-hydrogen) atoms. The van der Waals surface area contributed by atoms with E-state index in [9.17, 15) is 4.79 Å². The molecule has 0 aromatic carbocycles. The van der Waals surface area contributed by atoms with Crippen LogP contribution in [0.25, 0.3) is 11.3 Å². The first kappa shape index (κ1) is 17.6. The summed E-state index contributed by atoms with van der Waals surface area (Å²) in [6.07, 6.45) is 8.56. The van der Waals surface area contributed by atoms with Gasteiger partial charge in [0.2, 0.25) is 0 Å². The first-order valence-electron chi connectivity index (χ1n) is 9.40. The fourth-order valence-electron chi connectivity index (χ4n) is 3.75. The van der Waals surface area contributed by atoms with Crippen molar-refractivity contribution in [1.29, 1.82) is 0 Å². The quantitative estimate of drug-likeness (QED) is 0.666. The van der Waals surface area contributed by atoms with Gasteiger partial charge in [-0.05, 0) is 43.7 Å². The maximum Gasteiger partial charge on any atom is 0.266 e. The molecule has 1 fully saturated rings. The monoisotopic (exact) mass is 364 g/mol. The predicted octanol–water partition coefficient (Wildman–Crippen LogP) is 1.75. The van der Waals surface area contributed by atoms with Gasteiger partial charge in [-0.1, -0.05) is 0 Å². The van der Waals surface area contributed by atoms with E-state index in [1.807, 2.05) is 30.1 Å². The van der Waals surface area contributed by atoms with Crippen molar-refractivity contribution in [2.24, 2.45) is 7.05 Å². The molecule has 0 aliphatic carbocycles. The largest absolute Gasteiger partial charge is 0.298 e. The molecule has 1 unspecified atom stereocenters. The van der Waals surface area contributed by atoms with E-state index >= 15 is 0 Å². The lowest BCUT2D eigenvalue weighted by Crippen LogP contribution is -2.38. The summed E-state index contributed by atoms with van der Waals surface area (Å²) < 4.78 is 3.53. The van der Waals surface area contributed by atoms with E-state index in [1.54, 1.807) is 29.2 Å². The van der Waals surface area contributed by atoms with E-state index in [0.717, 1.165) is 43.6 Å². The van der Waals surface area contributed by atoms with Gasteiger partial charge in [-0.3, -0.25) is 19.4 Å². The normalized spacial score (nSPS) is 17.4. The standard InChI is InChI=1S/C20H24N6O/c1-24-17(8-11-22-24)9-13-25-12-3-5-18(25)15-26-20(27)7-6-19(23-26)16-4-2-10-21-14-16/h2,4,6-8,10-11,14,18H,3,5,9,12-13,15H2,1H3. The molecule has 7 heteroatoms. The van der Waals surface area contributed by atoms with E-state index in [1.165, 1.54) is 5.69 Å². The van der Waals surface area contributed by atoms with Crippen LogP contribution in [0.4, 0.5) is 0 Å². The highest BCUT2D eigenvalue weighted by molar-refractivity contribution is 5.56. The summed E-state index contributed by atoms with van der Waals surface area (Å²) in [4.78, 5) is 19.0. The molecule has 0 amide bonds. The van der Waals surface area contributed by atoms with Crippen LogP contribution >= 0.6 is 0 Å². The summed E-state index contributed by atoms with van der Waals surface area (Å²) in [5, 5.41) is 8.82. The molecule has 3 aromatic heterocycles. The third kappa shape index (κ3) is 3.98. The van der Waals surface area contributed by atoms with Crippen molar-refractivity contribution in [2.45, 2.75) is 31.8 Å². The van der Waals surface area contributed by atoms with Crippen LogP contribution < -0.4 is 5.56 Å². The topological polar surface area (TPSA) is 68.8 Å². The van der Waals surface area contributed by atoms with Crippen LogP contribution in [0.2, 0.25) is 0 Å². The van der Waals surface area contributed by atoms with Crippen LogP contribution in [0.3, 0.4) is 0 Å². The van der Waals surface area contributed by atoms with Gasteiger partial charge in [-0.15, -0.1) is 0 Å². The summed E-state index contributed by atoms with van der Waals surface area (Å²) in [5.41, 5.74) is 2.88. The molecule has 0 N–H and O–H groups in total. The van der Waals surface area contributed by atoms with Crippen LogP contribution in [0.15, 0.2) is 53.7 Å². The molecule has 1 saturated heterocycles. The molecule has 1 aliphatic heterocycles. The van der Waals surface area contributed by atoms with Gasteiger partial charge in [-0.25, -0.2) is 4.68 Å². The number of rotatable bonds is 6. The number of nitrogens with zero attached hydrogens (tertiary/aromatic N) is 6. The van der Waals surface area contributed by atoms with Gasteiger partial charge in [0.25, 0.3) is 5.56 Å². The highest BCUT2D eigenvalue weighted by Gasteiger charge is 2.25. The van der Waals surface area contributed by atoms with Crippen molar-refractivity contribution in [3.63, 3.8) is 0 Å². The minimum Gasteiger partial charge on any atom is -0.298 e. The highest BCUT2D eigenvalue weighted by Crippen LogP contribution is 2.19. The Morgan fingerprint density at radius 2 is 2.11 bits per heavy atom.